The summed E-state index contributed by atoms with van der Waals surface area (Å²) in [4.78, 5) is 0. The molecule has 0 amide bonds. The van der Waals surface area contributed by atoms with Gasteiger partial charge in [-0.3, -0.25) is 0 Å². The van der Waals surface area contributed by atoms with Gasteiger partial charge in [-0.25, -0.2) is 0 Å². The molecule has 1 N–H and O–H groups in total. The zero-order valence-electron chi connectivity index (χ0n) is 13.1. The SMILES string of the molecule is CC(C)(C)CC(C)(C)C1CC(C)(C)CCCN1. The first kappa shape index (κ1) is 15.0. The normalized spacial score (nSPS) is 26.6. The fourth-order valence-corrected chi connectivity index (χ4v) is 3.61. The van der Waals surface area contributed by atoms with Gasteiger partial charge in [0.2, 0.25) is 0 Å². The maximum Gasteiger partial charge on any atom is 0.0123 e. The smallest absolute Gasteiger partial charge is 0.0123 e. The van der Waals surface area contributed by atoms with E-state index in [1.807, 2.05) is 0 Å². The molecule has 0 saturated carbocycles. The Morgan fingerprint density at radius 1 is 1.12 bits per heavy atom. The molecule has 0 aromatic carbocycles. The van der Waals surface area contributed by atoms with Gasteiger partial charge in [0.15, 0.2) is 0 Å². The third kappa shape index (κ3) is 4.99. The molecule has 0 aliphatic carbocycles. The molecule has 1 fully saturated rings. The van der Waals surface area contributed by atoms with Crippen LogP contribution in [0.25, 0.3) is 0 Å². The first-order chi connectivity index (χ1) is 7.52. The van der Waals surface area contributed by atoms with E-state index < -0.39 is 0 Å². The van der Waals surface area contributed by atoms with Crippen LogP contribution in [0.15, 0.2) is 0 Å². The average molecular weight is 239 g/mol. The van der Waals surface area contributed by atoms with Crippen molar-refractivity contribution >= 4 is 0 Å². The molecular weight excluding hydrogens is 206 g/mol. The van der Waals surface area contributed by atoms with E-state index in [1.165, 1.54) is 32.2 Å². The van der Waals surface area contributed by atoms with Crippen LogP contribution in [-0.2, 0) is 0 Å². The third-order valence-corrected chi connectivity index (χ3v) is 4.11. The topological polar surface area (TPSA) is 12.0 Å². The summed E-state index contributed by atoms with van der Waals surface area (Å²) in [6.45, 7) is 18.0. The van der Waals surface area contributed by atoms with Crippen molar-refractivity contribution in [1.29, 1.82) is 0 Å². The molecular formula is C16H33N. The molecule has 1 unspecified atom stereocenters. The van der Waals surface area contributed by atoms with Crippen molar-refractivity contribution in [3.05, 3.63) is 0 Å². The molecule has 102 valence electrons. The maximum atomic E-state index is 3.80. The molecule has 1 heterocycles. The van der Waals surface area contributed by atoms with E-state index in [4.69, 9.17) is 0 Å². The molecule has 1 rings (SSSR count). The largest absolute Gasteiger partial charge is 0.313 e. The monoisotopic (exact) mass is 239 g/mol. The summed E-state index contributed by atoms with van der Waals surface area (Å²) in [5.74, 6) is 0. The summed E-state index contributed by atoms with van der Waals surface area (Å²) in [6, 6.07) is 0.666. The van der Waals surface area contributed by atoms with Crippen molar-refractivity contribution in [2.24, 2.45) is 16.2 Å². The van der Waals surface area contributed by atoms with Crippen molar-refractivity contribution in [3.63, 3.8) is 0 Å². The molecule has 1 aliphatic rings. The van der Waals surface area contributed by atoms with E-state index in [2.05, 4.69) is 53.8 Å². The van der Waals surface area contributed by atoms with E-state index in [1.54, 1.807) is 0 Å². The van der Waals surface area contributed by atoms with Crippen LogP contribution in [0.2, 0.25) is 0 Å². The zero-order chi connectivity index (χ0) is 13.3. The van der Waals surface area contributed by atoms with E-state index in [9.17, 15) is 0 Å². The molecule has 0 bridgehead atoms. The van der Waals surface area contributed by atoms with E-state index >= 15 is 0 Å². The van der Waals surface area contributed by atoms with Crippen LogP contribution in [0.1, 0.15) is 74.1 Å². The van der Waals surface area contributed by atoms with Crippen LogP contribution in [0, 0.1) is 16.2 Å². The van der Waals surface area contributed by atoms with Gasteiger partial charge in [-0.05, 0) is 48.5 Å². The van der Waals surface area contributed by atoms with E-state index in [-0.39, 0.29) is 0 Å². The highest BCUT2D eigenvalue weighted by Crippen LogP contribution is 2.41. The summed E-state index contributed by atoms with van der Waals surface area (Å²) in [5, 5.41) is 3.80. The lowest BCUT2D eigenvalue weighted by Gasteiger charge is -2.41. The zero-order valence-corrected chi connectivity index (χ0v) is 13.1. The van der Waals surface area contributed by atoms with Crippen LogP contribution in [-0.4, -0.2) is 12.6 Å². The predicted octanol–water partition coefficient (Wildman–Crippen LogP) is 4.62. The minimum absolute atomic E-state index is 0.389. The number of hydrogen-bond donors (Lipinski definition) is 1. The molecule has 0 aromatic rings. The molecule has 1 aliphatic heterocycles. The Morgan fingerprint density at radius 2 is 1.71 bits per heavy atom. The molecule has 0 radical (unpaired) electrons. The van der Waals surface area contributed by atoms with E-state index in [0.717, 1.165) is 0 Å². The lowest BCUT2D eigenvalue weighted by atomic mass is 9.68. The summed E-state index contributed by atoms with van der Waals surface area (Å²) < 4.78 is 0. The highest BCUT2D eigenvalue weighted by atomic mass is 14.9. The Kier molecular flexibility index (Phi) is 4.34. The quantitative estimate of drug-likeness (QED) is 0.741. The van der Waals surface area contributed by atoms with Crippen molar-refractivity contribution in [2.75, 3.05) is 6.54 Å². The van der Waals surface area contributed by atoms with Crippen LogP contribution in [0.4, 0.5) is 0 Å². The number of rotatable bonds is 2. The third-order valence-electron chi connectivity index (χ3n) is 4.11. The van der Waals surface area contributed by atoms with Gasteiger partial charge in [0.05, 0.1) is 0 Å². The molecule has 17 heavy (non-hydrogen) atoms. The van der Waals surface area contributed by atoms with Gasteiger partial charge in [0.1, 0.15) is 0 Å². The Balaban J connectivity index is 2.75. The van der Waals surface area contributed by atoms with Gasteiger partial charge in [-0.15, -0.1) is 0 Å². The first-order valence-corrected chi connectivity index (χ1v) is 7.25. The number of nitrogens with one attached hydrogen (secondary N) is 1. The highest BCUT2D eigenvalue weighted by Gasteiger charge is 2.37. The van der Waals surface area contributed by atoms with Gasteiger partial charge < -0.3 is 5.32 Å². The lowest BCUT2D eigenvalue weighted by molar-refractivity contribution is 0.125. The Labute approximate surface area is 109 Å². The summed E-state index contributed by atoms with van der Waals surface area (Å²) in [5.41, 5.74) is 1.31. The van der Waals surface area contributed by atoms with Crippen LogP contribution in [0.5, 0.6) is 0 Å². The van der Waals surface area contributed by atoms with Crippen molar-refractivity contribution in [1.82, 2.24) is 5.32 Å². The van der Waals surface area contributed by atoms with Gasteiger partial charge in [0, 0.05) is 6.04 Å². The van der Waals surface area contributed by atoms with Crippen molar-refractivity contribution in [3.8, 4) is 0 Å². The predicted molar refractivity (Wildman–Crippen MR) is 77.3 cm³/mol. The lowest BCUT2D eigenvalue weighted by Crippen LogP contribution is -2.44. The van der Waals surface area contributed by atoms with Crippen molar-refractivity contribution in [2.45, 2.75) is 80.2 Å². The number of hydrogen-bond acceptors (Lipinski definition) is 1. The molecule has 0 aromatic heterocycles. The van der Waals surface area contributed by atoms with Gasteiger partial charge in [-0.2, -0.15) is 0 Å². The van der Waals surface area contributed by atoms with Crippen LogP contribution in [0.3, 0.4) is 0 Å². The minimum atomic E-state index is 0.389. The van der Waals surface area contributed by atoms with Gasteiger partial charge >= 0.3 is 0 Å². The summed E-state index contributed by atoms with van der Waals surface area (Å²) in [7, 11) is 0. The maximum absolute atomic E-state index is 3.80. The second-order valence-corrected chi connectivity index (χ2v) is 8.70. The second-order valence-electron chi connectivity index (χ2n) is 8.70. The molecule has 0 spiro atoms. The fourth-order valence-electron chi connectivity index (χ4n) is 3.61. The molecule has 1 atom stereocenters. The standard InChI is InChI=1S/C16H33N/c1-14(2,3)12-16(6,7)13-11-15(4,5)9-8-10-17-13/h13,17H,8-12H2,1-7H3. The van der Waals surface area contributed by atoms with Crippen molar-refractivity contribution < 1.29 is 0 Å². The van der Waals surface area contributed by atoms with Gasteiger partial charge in [-0.1, -0.05) is 48.5 Å². The highest BCUT2D eigenvalue weighted by molar-refractivity contribution is 4.92. The minimum Gasteiger partial charge on any atom is -0.313 e. The Hall–Kier alpha value is -0.0400. The second kappa shape index (κ2) is 4.91. The summed E-state index contributed by atoms with van der Waals surface area (Å²) >= 11 is 0. The molecule has 1 saturated heterocycles. The van der Waals surface area contributed by atoms with Crippen LogP contribution >= 0.6 is 0 Å². The van der Waals surface area contributed by atoms with Crippen LogP contribution < -0.4 is 5.32 Å². The van der Waals surface area contributed by atoms with Gasteiger partial charge in [0.25, 0.3) is 0 Å². The molecule has 1 nitrogen and oxygen atoms in total. The average Bonchev–Trinajstić information content (AvgIpc) is 2.22. The first-order valence-electron chi connectivity index (χ1n) is 7.25. The Bertz CT molecular complexity index is 245. The van der Waals surface area contributed by atoms with E-state index in [0.29, 0.717) is 22.3 Å². The fraction of sp³-hybridized carbons (Fsp3) is 1.00. The Morgan fingerprint density at radius 3 is 2.24 bits per heavy atom. The summed E-state index contributed by atoms with van der Waals surface area (Å²) in [6.07, 6.45) is 5.29. The molecule has 1 heteroatoms.